The highest BCUT2D eigenvalue weighted by molar-refractivity contribution is 5.61. The minimum Gasteiger partial charge on any atom is -0.334 e. The zero-order chi connectivity index (χ0) is 12.7. The molecule has 0 radical (unpaired) electrons. The van der Waals surface area contributed by atoms with E-state index in [9.17, 15) is 0 Å². The molecule has 0 amide bonds. The average molecular weight is 240 g/mol. The molecule has 1 aliphatic heterocycles. The Morgan fingerprint density at radius 3 is 2.56 bits per heavy atom. The zero-order valence-corrected chi connectivity index (χ0v) is 11.4. The first-order valence-electron chi connectivity index (χ1n) is 6.79. The monoisotopic (exact) mass is 240 g/mol. The molecule has 1 aromatic heterocycles. The summed E-state index contributed by atoms with van der Waals surface area (Å²) >= 11 is 0. The Balaban J connectivity index is 2.07. The molecule has 18 heavy (non-hydrogen) atoms. The highest BCUT2D eigenvalue weighted by Crippen LogP contribution is 2.29. The molecule has 0 N–H and O–H groups in total. The van der Waals surface area contributed by atoms with E-state index < -0.39 is 0 Å². The molecule has 0 saturated heterocycles. The lowest BCUT2D eigenvalue weighted by Gasteiger charge is -2.19. The van der Waals surface area contributed by atoms with Crippen LogP contribution in [0.2, 0.25) is 0 Å². The van der Waals surface area contributed by atoms with Gasteiger partial charge in [0.2, 0.25) is 0 Å². The van der Waals surface area contributed by atoms with Gasteiger partial charge >= 0.3 is 0 Å². The molecule has 2 heteroatoms. The van der Waals surface area contributed by atoms with Crippen molar-refractivity contribution in [1.82, 2.24) is 9.55 Å². The maximum absolute atomic E-state index is 4.85. The fourth-order valence-electron chi connectivity index (χ4n) is 2.96. The molecular formula is C16H20N2. The molecule has 0 saturated carbocycles. The fraction of sp³-hybridized carbons (Fsp3) is 0.438. The number of aromatic nitrogens is 2. The summed E-state index contributed by atoms with van der Waals surface area (Å²) in [6.45, 7) is 7.70. The lowest BCUT2D eigenvalue weighted by atomic mass is 10.0. The first-order valence-corrected chi connectivity index (χ1v) is 6.79. The van der Waals surface area contributed by atoms with Crippen LogP contribution in [0.5, 0.6) is 0 Å². The summed E-state index contributed by atoms with van der Waals surface area (Å²) in [5, 5.41) is 0. The molecule has 0 spiro atoms. The Kier molecular flexibility index (Phi) is 2.73. The third-order valence-electron chi connectivity index (χ3n) is 3.80. The Morgan fingerprint density at radius 2 is 1.89 bits per heavy atom. The van der Waals surface area contributed by atoms with Gasteiger partial charge in [-0.2, -0.15) is 0 Å². The lowest BCUT2D eigenvalue weighted by molar-refractivity contribution is 0.463. The maximum atomic E-state index is 4.85. The van der Waals surface area contributed by atoms with Gasteiger partial charge in [0.25, 0.3) is 0 Å². The summed E-state index contributed by atoms with van der Waals surface area (Å²) < 4.78 is 2.33. The summed E-state index contributed by atoms with van der Waals surface area (Å²) in [5.74, 6) is 1.86. The average Bonchev–Trinajstić information content (AvgIpc) is 2.73. The summed E-state index contributed by atoms with van der Waals surface area (Å²) in [5.41, 5.74) is 5.00. The van der Waals surface area contributed by atoms with E-state index in [0.29, 0.717) is 5.92 Å². The smallest absolute Gasteiger partial charge is 0.112 e. The predicted octanol–water partition coefficient (Wildman–Crippen LogP) is 4.06. The number of hydrogen-bond donors (Lipinski definition) is 0. The van der Waals surface area contributed by atoms with E-state index in [1.54, 1.807) is 0 Å². The van der Waals surface area contributed by atoms with Crippen molar-refractivity contribution in [1.29, 1.82) is 0 Å². The molecule has 2 nitrogen and oxygen atoms in total. The number of benzene rings is 1. The molecule has 1 atom stereocenters. The van der Waals surface area contributed by atoms with Crippen LogP contribution in [0.4, 0.5) is 0 Å². The van der Waals surface area contributed by atoms with Crippen molar-refractivity contribution in [2.45, 2.75) is 46.1 Å². The minimum absolute atomic E-state index is 0.596. The summed E-state index contributed by atoms with van der Waals surface area (Å²) in [7, 11) is 0. The van der Waals surface area contributed by atoms with Crippen LogP contribution in [0.1, 0.15) is 42.6 Å². The van der Waals surface area contributed by atoms with E-state index in [1.807, 2.05) is 0 Å². The topological polar surface area (TPSA) is 17.8 Å². The lowest BCUT2D eigenvalue weighted by Crippen LogP contribution is -2.12. The molecule has 1 aromatic carbocycles. The number of hydrogen-bond acceptors (Lipinski definition) is 1. The van der Waals surface area contributed by atoms with Gasteiger partial charge in [-0.1, -0.05) is 24.1 Å². The third-order valence-corrected chi connectivity index (χ3v) is 3.80. The van der Waals surface area contributed by atoms with Gasteiger partial charge in [0.1, 0.15) is 5.82 Å². The Labute approximate surface area is 109 Å². The van der Waals surface area contributed by atoms with E-state index in [4.69, 9.17) is 4.98 Å². The van der Waals surface area contributed by atoms with Gasteiger partial charge in [-0.25, -0.2) is 4.98 Å². The van der Waals surface area contributed by atoms with Gasteiger partial charge in [-0.15, -0.1) is 0 Å². The van der Waals surface area contributed by atoms with Gasteiger partial charge < -0.3 is 4.57 Å². The van der Waals surface area contributed by atoms with Crippen LogP contribution in [0.3, 0.4) is 0 Å². The number of nitrogens with zero attached hydrogens (tertiary/aromatic N) is 2. The molecule has 0 bridgehead atoms. The van der Waals surface area contributed by atoms with Gasteiger partial charge in [0, 0.05) is 24.2 Å². The van der Waals surface area contributed by atoms with E-state index in [0.717, 1.165) is 12.2 Å². The molecule has 0 aliphatic carbocycles. The second-order valence-electron chi connectivity index (χ2n) is 5.60. The van der Waals surface area contributed by atoms with E-state index >= 15 is 0 Å². The van der Waals surface area contributed by atoms with Crippen LogP contribution in [-0.2, 0) is 6.54 Å². The molecule has 94 valence electrons. The summed E-state index contributed by atoms with van der Waals surface area (Å²) in [6, 6.07) is 6.67. The summed E-state index contributed by atoms with van der Waals surface area (Å²) in [6.07, 6.45) is 4.76. The Hall–Kier alpha value is -1.57. The van der Waals surface area contributed by atoms with Crippen LogP contribution in [0.25, 0.3) is 11.3 Å². The minimum atomic E-state index is 0.596. The van der Waals surface area contributed by atoms with Crippen LogP contribution in [0, 0.1) is 13.8 Å². The number of aryl methyl sites for hydroxylation is 3. The van der Waals surface area contributed by atoms with Crippen molar-refractivity contribution < 1.29 is 0 Å². The molecular weight excluding hydrogens is 220 g/mol. The molecule has 2 heterocycles. The highest BCUT2D eigenvalue weighted by atomic mass is 15.1. The van der Waals surface area contributed by atoms with Crippen LogP contribution < -0.4 is 0 Å². The van der Waals surface area contributed by atoms with Crippen molar-refractivity contribution in [3.05, 3.63) is 41.3 Å². The van der Waals surface area contributed by atoms with Crippen LogP contribution >= 0.6 is 0 Å². The first-order chi connectivity index (χ1) is 8.63. The predicted molar refractivity (Wildman–Crippen MR) is 74.8 cm³/mol. The summed E-state index contributed by atoms with van der Waals surface area (Å²) in [4.78, 5) is 4.85. The normalized spacial score (nSPS) is 18.7. The van der Waals surface area contributed by atoms with Gasteiger partial charge in [-0.3, -0.25) is 0 Å². The molecule has 2 aromatic rings. The fourth-order valence-corrected chi connectivity index (χ4v) is 2.96. The van der Waals surface area contributed by atoms with E-state index in [2.05, 4.69) is 49.7 Å². The third kappa shape index (κ3) is 1.96. The highest BCUT2D eigenvalue weighted by Gasteiger charge is 2.19. The second kappa shape index (κ2) is 4.27. The molecule has 1 aliphatic rings. The zero-order valence-electron chi connectivity index (χ0n) is 11.4. The number of imidazole rings is 1. The Bertz CT molecular complexity index is 561. The molecule has 0 fully saturated rings. The molecule has 1 unspecified atom stereocenters. The van der Waals surface area contributed by atoms with E-state index in [1.165, 1.54) is 35.4 Å². The standard InChI is InChI=1S/C16H20N2/c1-11-7-12(2)9-14(8-11)15-10-18-6-4-5-13(3)16(18)17-15/h7-10,13H,4-6H2,1-3H3. The first kappa shape index (κ1) is 11.5. The molecule has 3 rings (SSSR count). The van der Waals surface area contributed by atoms with Crippen LogP contribution in [-0.4, -0.2) is 9.55 Å². The van der Waals surface area contributed by atoms with Crippen molar-refractivity contribution in [3.63, 3.8) is 0 Å². The van der Waals surface area contributed by atoms with E-state index in [-0.39, 0.29) is 0 Å². The van der Waals surface area contributed by atoms with Crippen molar-refractivity contribution in [2.24, 2.45) is 0 Å². The van der Waals surface area contributed by atoms with Crippen molar-refractivity contribution in [3.8, 4) is 11.3 Å². The van der Waals surface area contributed by atoms with Crippen molar-refractivity contribution >= 4 is 0 Å². The van der Waals surface area contributed by atoms with Gasteiger partial charge in [0.05, 0.1) is 5.69 Å². The largest absolute Gasteiger partial charge is 0.334 e. The number of rotatable bonds is 1. The number of fused-ring (bicyclic) bond motifs is 1. The SMILES string of the molecule is Cc1cc(C)cc(-c2cn3c(n2)C(C)CCC3)c1. The second-order valence-corrected chi connectivity index (χ2v) is 5.60. The van der Waals surface area contributed by atoms with Crippen molar-refractivity contribution in [2.75, 3.05) is 0 Å². The van der Waals surface area contributed by atoms with Gasteiger partial charge in [-0.05, 0) is 38.8 Å². The van der Waals surface area contributed by atoms with Crippen LogP contribution in [0.15, 0.2) is 24.4 Å². The maximum Gasteiger partial charge on any atom is 0.112 e. The van der Waals surface area contributed by atoms with Gasteiger partial charge in [0.15, 0.2) is 0 Å². The Morgan fingerprint density at radius 1 is 1.17 bits per heavy atom. The quantitative estimate of drug-likeness (QED) is 0.735.